The van der Waals surface area contributed by atoms with Crippen molar-refractivity contribution in [2.24, 2.45) is 0 Å². The van der Waals surface area contributed by atoms with Crippen LogP contribution in [0.25, 0.3) is 55.0 Å². The summed E-state index contributed by atoms with van der Waals surface area (Å²) in [5.74, 6) is 0. The quantitative estimate of drug-likeness (QED) is 0.207. The van der Waals surface area contributed by atoms with Gasteiger partial charge in [-0.3, -0.25) is 0 Å². The zero-order chi connectivity index (χ0) is 30.1. The molecule has 0 unspecified atom stereocenters. The van der Waals surface area contributed by atoms with Crippen molar-refractivity contribution in [2.75, 3.05) is 4.90 Å². The van der Waals surface area contributed by atoms with E-state index in [0.717, 1.165) is 39.0 Å². The van der Waals surface area contributed by atoms with Crippen molar-refractivity contribution < 1.29 is 4.42 Å². The molecule has 1 aliphatic rings. The molecule has 8 aromatic rings. The molecular weight excluding hydrogens is 546 g/mol. The Morgan fingerprint density at radius 3 is 2.02 bits per heavy atom. The Balaban J connectivity index is 1.18. The van der Waals surface area contributed by atoms with Crippen molar-refractivity contribution in [3.63, 3.8) is 0 Å². The largest absolute Gasteiger partial charge is 0.456 e. The van der Waals surface area contributed by atoms with Crippen LogP contribution in [0.3, 0.4) is 0 Å². The van der Waals surface area contributed by atoms with Crippen LogP contribution >= 0.6 is 0 Å². The van der Waals surface area contributed by atoms with E-state index in [1.54, 1.807) is 0 Å². The van der Waals surface area contributed by atoms with Gasteiger partial charge < -0.3 is 9.32 Å². The third-order valence-electron chi connectivity index (χ3n) is 9.67. The minimum atomic E-state index is -0.0249. The Hall–Kier alpha value is -5.60. The number of para-hydroxylation sites is 1. The summed E-state index contributed by atoms with van der Waals surface area (Å²) in [5.41, 5.74) is 13.1. The first-order valence-corrected chi connectivity index (χ1v) is 15.6. The van der Waals surface area contributed by atoms with Gasteiger partial charge in [0, 0.05) is 32.9 Å². The summed E-state index contributed by atoms with van der Waals surface area (Å²) >= 11 is 0. The standard InChI is InChI=1S/C43H31NO/c1-43(2)38-15-7-5-13-34(38)35-24-20-30(26-39(35)43)28-18-21-31(22-19-28)44(40-16-9-11-29-10-3-4-12-33(29)40)32-23-25-42-37(27-32)36-14-6-8-17-41(36)45-42/h3-27H,1-2H3. The third kappa shape index (κ3) is 3.96. The topological polar surface area (TPSA) is 16.4 Å². The van der Waals surface area contributed by atoms with Crippen LogP contribution < -0.4 is 4.90 Å². The van der Waals surface area contributed by atoms with E-state index in [2.05, 4.69) is 158 Å². The van der Waals surface area contributed by atoms with Crippen molar-refractivity contribution in [2.45, 2.75) is 19.3 Å². The average Bonchev–Trinajstić information content (AvgIpc) is 3.57. The van der Waals surface area contributed by atoms with Crippen LogP contribution in [0.5, 0.6) is 0 Å². The molecule has 0 fully saturated rings. The molecule has 1 heterocycles. The Morgan fingerprint density at radius 2 is 1.13 bits per heavy atom. The number of rotatable bonds is 4. The molecule has 0 atom stereocenters. The Labute approximate surface area is 262 Å². The first kappa shape index (κ1) is 25.9. The number of fused-ring (bicyclic) bond motifs is 7. The Kier molecular flexibility index (Phi) is 5.58. The molecular formula is C43H31NO. The lowest BCUT2D eigenvalue weighted by molar-refractivity contribution is 0.660. The smallest absolute Gasteiger partial charge is 0.135 e. The van der Waals surface area contributed by atoms with Crippen LogP contribution in [-0.4, -0.2) is 0 Å². The van der Waals surface area contributed by atoms with E-state index in [9.17, 15) is 0 Å². The fourth-order valence-corrected chi connectivity index (χ4v) is 7.37. The Bertz CT molecular complexity index is 2410. The number of nitrogens with zero attached hydrogens (tertiary/aromatic N) is 1. The summed E-state index contributed by atoms with van der Waals surface area (Å²) in [6.07, 6.45) is 0. The van der Waals surface area contributed by atoms with Gasteiger partial charge in [0.1, 0.15) is 11.2 Å². The summed E-state index contributed by atoms with van der Waals surface area (Å²) < 4.78 is 6.18. The van der Waals surface area contributed by atoms with Crippen LogP contribution in [-0.2, 0) is 5.41 Å². The zero-order valence-electron chi connectivity index (χ0n) is 25.3. The molecule has 2 nitrogen and oxygen atoms in total. The SMILES string of the molecule is CC1(C)c2ccccc2-c2ccc(-c3ccc(N(c4ccc5oc6ccccc6c5c4)c4cccc5ccccc45)cc3)cc21. The van der Waals surface area contributed by atoms with E-state index in [1.807, 2.05) is 12.1 Å². The highest BCUT2D eigenvalue weighted by Gasteiger charge is 2.35. The van der Waals surface area contributed by atoms with Gasteiger partial charge in [0.15, 0.2) is 0 Å². The number of furan rings is 1. The summed E-state index contributed by atoms with van der Waals surface area (Å²) in [6, 6.07) is 54.8. The van der Waals surface area contributed by atoms with Crippen LogP contribution in [0.1, 0.15) is 25.0 Å². The van der Waals surface area contributed by atoms with E-state index in [-0.39, 0.29) is 5.41 Å². The van der Waals surface area contributed by atoms with Gasteiger partial charge >= 0.3 is 0 Å². The second-order valence-electron chi connectivity index (χ2n) is 12.6. The molecule has 9 rings (SSSR count). The molecule has 0 saturated heterocycles. The molecule has 1 aliphatic carbocycles. The molecule has 214 valence electrons. The van der Waals surface area contributed by atoms with Gasteiger partial charge in [-0.05, 0) is 87.3 Å². The molecule has 1 aromatic heterocycles. The number of hydrogen-bond donors (Lipinski definition) is 0. The van der Waals surface area contributed by atoms with Gasteiger partial charge in [0.05, 0.1) is 5.69 Å². The summed E-state index contributed by atoms with van der Waals surface area (Å²) in [4.78, 5) is 2.37. The van der Waals surface area contributed by atoms with Crippen molar-refractivity contribution in [3.05, 3.63) is 163 Å². The summed E-state index contributed by atoms with van der Waals surface area (Å²) in [7, 11) is 0. The monoisotopic (exact) mass is 577 g/mol. The second-order valence-corrected chi connectivity index (χ2v) is 12.6. The minimum absolute atomic E-state index is 0.0249. The van der Waals surface area contributed by atoms with Gasteiger partial charge in [0.25, 0.3) is 0 Å². The molecule has 0 aliphatic heterocycles. The van der Waals surface area contributed by atoms with Crippen molar-refractivity contribution in [3.8, 4) is 22.3 Å². The minimum Gasteiger partial charge on any atom is -0.456 e. The fraction of sp³-hybridized carbons (Fsp3) is 0.0698. The zero-order valence-corrected chi connectivity index (χ0v) is 25.3. The highest BCUT2D eigenvalue weighted by molar-refractivity contribution is 6.07. The van der Waals surface area contributed by atoms with E-state index >= 15 is 0 Å². The van der Waals surface area contributed by atoms with Crippen LogP contribution in [0.4, 0.5) is 17.1 Å². The molecule has 45 heavy (non-hydrogen) atoms. The normalized spacial score (nSPS) is 13.3. The molecule has 7 aromatic carbocycles. The molecule has 0 saturated carbocycles. The van der Waals surface area contributed by atoms with Crippen LogP contribution in [0.2, 0.25) is 0 Å². The van der Waals surface area contributed by atoms with Gasteiger partial charge in [0.2, 0.25) is 0 Å². The molecule has 0 radical (unpaired) electrons. The lowest BCUT2D eigenvalue weighted by Crippen LogP contribution is -2.14. The van der Waals surface area contributed by atoms with Crippen molar-refractivity contribution >= 4 is 49.8 Å². The lowest BCUT2D eigenvalue weighted by atomic mass is 9.81. The molecule has 0 bridgehead atoms. The maximum Gasteiger partial charge on any atom is 0.135 e. The van der Waals surface area contributed by atoms with E-state index in [1.165, 1.54) is 44.2 Å². The van der Waals surface area contributed by atoms with Crippen molar-refractivity contribution in [1.29, 1.82) is 0 Å². The highest BCUT2D eigenvalue weighted by atomic mass is 16.3. The van der Waals surface area contributed by atoms with Gasteiger partial charge in [-0.15, -0.1) is 0 Å². The Morgan fingerprint density at radius 1 is 0.467 bits per heavy atom. The average molecular weight is 578 g/mol. The van der Waals surface area contributed by atoms with Crippen molar-refractivity contribution in [1.82, 2.24) is 0 Å². The first-order chi connectivity index (χ1) is 22.1. The molecule has 0 spiro atoms. The maximum absolute atomic E-state index is 6.18. The fourth-order valence-electron chi connectivity index (χ4n) is 7.37. The maximum atomic E-state index is 6.18. The third-order valence-corrected chi connectivity index (χ3v) is 9.67. The predicted molar refractivity (Wildman–Crippen MR) is 189 cm³/mol. The molecule has 0 N–H and O–H groups in total. The molecule has 0 amide bonds. The van der Waals surface area contributed by atoms with E-state index in [4.69, 9.17) is 4.42 Å². The van der Waals surface area contributed by atoms with Crippen LogP contribution in [0.15, 0.2) is 156 Å². The summed E-state index contributed by atoms with van der Waals surface area (Å²) in [6.45, 7) is 4.68. The number of hydrogen-bond acceptors (Lipinski definition) is 2. The number of benzene rings is 7. The van der Waals surface area contributed by atoms with E-state index < -0.39 is 0 Å². The van der Waals surface area contributed by atoms with E-state index in [0.29, 0.717) is 0 Å². The van der Waals surface area contributed by atoms with Gasteiger partial charge in [-0.1, -0.05) is 117 Å². The number of anilines is 3. The highest BCUT2D eigenvalue weighted by Crippen LogP contribution is 2.49. The van der Waals surface area contributed by atoms with Crippen LogP contribution in [0, 0.1) is 0 Å². The van der Waals surface area contributed by atoms with Gasteiger partial charge in [-0.25, -0.2) is 0 Å². The summed E-state index contributed by atoms with van der Waals surface area (Å²) in [5, 5.41) is 4.67. The molecule has 2 heteroatoms. The lowest BCUT2D eigenvalue weighted by Gasteiger charge is -2.27. The predicted octanol–water partition coefficient (Wildman–Crippen LogP) is 12.2. The van der Waals surface area contributed by atoms with Gasteiger partial charge in [-0.2, -0.15) is 0 Å². The second kappa shape index (κ2) is 9.70. The first-order valence-electron chi connectivity index (χ1n) is 15.6.